The first-order valence-electron chi connectivity index (χ1n) is 7.32. The highest BCUT2D eigenvalue weighted by molar-refractivity contribution is 7.89. The van der Waals surface area contributed by atoms with E-state index in [1.807, 2.05) is 32.0 Å². The number of carbonyl (C=O) groups is 1. The predicted octanol–water partition coefficient (Wildman–Crippen LogP) is 2.85. The van der Waals surface area contributed by atoms with Crippen molar-refractivity contribution in [2.24, 2.45) is 0 Å². The fourth-order valence-corrected chi connectivity index (χ4v) is 3.25. The summed E-state index contributed by atoms with van der Waals surface area (Å²) in [6.45, 7) is 5.94. The third-order valence-corrected chi connectivity index (χ3v) is 4.95. The number of carbonyl (C=O) groups excluding carboxylic acids is 1. The number of benzene rings is 2. The Morgan fingerprint density at radius 1 is 1.04 bits per heavy atom. The Hall–Kier alpha value is -2.18. The van der Waals surface area contributed by atoms with Gasteiger partial charge in [-0.25, -0.2) is 13.1 Å². The topological polar surface area (TPSA) is 75.3 Å². The van der Waals surface area contributed by atoms with E-state index in [-0.39, 0.29) is 10.8 Å². The van der Waals surface area contributed by atoms with Gasteiger partial charge in [-0.1, -0.05) is 24.6 Å². The normalized spacial score (nSPS) is 11.3. The monoisotopic (exact) mass is 332 g/mol. The van der Waals surface area contributed by atoms with Crippen molar-refractivity contribution < 1.29 is 13.2 Å². The van der Waals surface area contributed by atoms with E-state index in [0.717, 1.165) is 16.8 Å². The molecule has 0 heterocycles. The van der Waals surface area contributed by atoms with Crippen molar-refractivity contribution in [1.82, 2.24) is 4.72 Å². The summed E-state index contributed by atoms with van der Waals surface area (Å²) in [5.74, 6) is -0.274. The molecular formula is C17H20N2O3S. The van der Waals surface area contributed by atoms with Crippen LogP contribution < -0.4 is 10.0 Å². The molecule has 23 heavy (non-hydrogen) atoms. The molecule has 0 aliphatic carbocycles. The minimum atomic E-state index is -3.50. The zero-order valence-electron chi connectivity index (χ0n) is 13.4. The third-order valence-electron chi connectivity index (χ3n) is 3.39. The lowest BCUT2D eigenvalue weighted by molar-refractivity contribution is 0.102. The maximum Gasteiger partial charge on any atom is 0.255 e. The smallest absolute Gasteiger partial charge is 0.255 e. The summed E-state index contributed by atoms with van der Waals surface area (Å²) in [6, 6.07) is 11.6. The van der Waals surface area contributed by atoms with E-state index in [1.54, 1.807) is 6.92 Å². The van der Waals surface area contributed by atoms with Crippen LogP contribution >= 0.6 is 0 Å². The van der Waals surface area contributed by atoms with Gasteiger partial charge in [-0.3, -0.25) is 4.79 Å². The Kier molecular flexibility index (Phi) is 5.18. The predicted molar refractivity (Wildman–Crippen MR) is 91.2 cm³/mol. The van der Waals surface area contributed by atoms with Gasteiger partial charge in [0.1, 0.15) is 0 Å². The molecule has 0 unspecified atom stereocenters. The second kappa shape index (κ2) is 6.93. The Bertz CT molecular complexity index is 812. The van der Waals surface area contributed by atoms with Gasteiger partial charge < -0.3 is 5.32 Å². The quantitative estimate of drug-likeness (QED) is 0.884. The molecule has 2 rings (SSSR count). The van der Waals surface area contributed by atoms with Crippen LogP contribution in [0.4, 0.5) is 5.69 Å². The molecule has 0 saturated heterocycles. The summed E-state index contributed by atoms with van der Waals surface area (Å²) < 4.78 is 26.1. The number of rotatable bonds is 5. The fourth-order valence-electron chi connectivity index (χ4n) is 2.21. The van der Waals surface area contributed by atoms with Gasteiger partial charge in [-0.05, 0) is 49.7 Å². The van der Waals surface area contributed by atoms with E-state index >= 15 is 0 Å². The Morgan fingerprint density at radius 2 is 1.70 bits per heavy atom. The number of anilines is 1. The van der Waals surface area contributed by atoms with Crippen LogP contribution in [0.1, 0.15) is 28.4 Å². The summed E-state index contributed by atoms with van der Waals surface area (Å²) in [6.07, 6.45) is 0. The summed E-state index contributed by atoms with van der Waals surface area (Å²) in [4.78, 5) is 12.4. The van der Waals surface area contributed by atoms with Gasteiger partial charge in [0.25, 0.3) is 5.91 Å². The van der Waals surface area contributed by atoms with E-state index < -0.39 is 10.0 Å². The lowest BCUT2D eigenvalue weighted by Crippen LogP contribution is -2.23. The van der Waals surface area contributed by atoms with Crippen molar-refractivity contribution in [1.29, 1.82) is 0 Å². The molecule has 0 radical (unpaired) electrons. The van der Waals surface area contributed by atoms with E-state index in [2.05, 4.69) is 10.0 Å². The van der Waals surface area contributed by atoms with Crippen molar-refractivity contribution in [3.8, 4) is 0 Å². The van der Waals surface area contributed by atoms with Crippen LogP contribution in [0.25, 0.3) is 0 Å². The molecule has 0 bridgehead atoms. The fraction of sp³-hybridized carbons (Fsp3) is 0.235. The molecular weight excluding hydrogens is 312 g/mol. The zero-order valence-corrected chi connectivity index (χ0v) is 14.2. The molecule has 2 N–H and O–H groups in total. The highest BCUT2D eigenvalue weighted by Crippen LogP contribution is 2.18. The van der Waals surface area contributed by atoms with Crippen LogP contribution in [0.5, 0.6) is 0 Å². The molecule has 122 valence electrons. The van der Waals surface area contributed by atoms with E-state index in [1.165, 1.54) is 24.3 Å². The second-order valence-corrected chi connectivity index (χ2v) is 7.07. The molecule has 0 atom stereocenters. The second-order valence-electron chi connectivity index (χ2n) is 5.30. The molecule has 2 aromatic carbocycles. The van der Waals surface area contributed by atoms with E-state index in [4.69, 9.17) is 0 Å². The number of hydrogen-bond acceptors (Lipinski definition) is 3. The van der Waals surface area contributed by atoms with Crippen molar-refractivity contribution in [3.05, 3.63) is 59.2 Å². The van der Waals surface area contributed by atoms with Crippen LogP contribution in [0, 0.1) is 13.8 Å². The number of sulfonamides is 1. The zero-order chi connectivity index (χ0) is 17.0. The summed E-state index contributed by atoms with van der Waals surface area (Å²) in [5.41, 5.74) is 3.24. The summed E-state index contributed by atoms with van der Waals surface area (Å²) in [7, 11) is -3.50. The molecule has 0 fully saturated rings. The van der Waals surface area contributed by atoms with Crippen molar-refractivity contribution >= 4 is 21.6 Å². The van der Waals surface area contributed by atoms with Crippen molar-refractivity contribution in [2.45, 2.75) is 25.7 Å². The molecule has 0 spiro atoms. The maximum atomic E-state index is 12.3. The molecule has 6 heteroatoms. The first-order chi connectivity index (χ1) is 10.8. The number of nitrogens with one attached hydrogen (secondary N) is 2. The van der Waals surface area contributed by atoms with Gasteiger partial charge in [-0.2, -0.15) is 0 Å². The standard InChI is InChI=1S/C17H20N2O3S/c1-4-18-23(21,22)15-8-6-14(7-9-15)17(20)19-16-10-5-12(2)11-13(16)3/h5-11,18H,4H2,1-3H3,(H,19,20). The first-order valence-corrected chi connectivity index (χ1v) is 8.80. The summed E-state index contributed by atoms with van der Waals surface area (Å²) in [5, 5.41) is 2.83. The van der Waals surface area contributed by atoms with Crippen LogP contribution in [-0.4, -0.2) is 20.9 Å². The molecule has 0 saturated carbocycles. The molecule has 2 aromatic rings. The Morgan fingerprint density at radius 3 is 2.26 bits per heavy atom. The number of amides is 1. The molecule has 5 nitrogen and oxygen atoms in total. The maximum absolute atomic E-state index is 12.3. The van der Waals surface area contributed by atoms with Crippen LogP contribution in [0.3, 0.4) is 0 Å². The van der Waals surface area contributed by atoms with Crippen LogP contribution in [0.2, 0.25) is 0 Å². The molecule has 1 amide bonds. The van der Waals surface area contributed by atoms with Crippen molar-refractivity contribution in [2.75, 3.05) is 11.9 Å². The minimum absolute atomic E-state index is 0.141. The molecule has 0 aliphatic rings. The highest BCUT2D eigenvalue weighted by atomic mass is 32.2. The van der Waals surface area contributed by atoms with E-state index in [9.17, 15) is 13.2 Å². The molecule has 0 aliphatic heterocycles. The third kappa shape index (κ3) is 4.18. The largest absolute Gasteiger partial charge is 0.322 e. The average molecular weight is 332 g/mol. The van der Waals surface area contributed by atoms with Crippen molar-refractivity contribution in [3.63, 3.8) is 0 Å². The van der Waals surface area contributed by atoms with Gasteiger partial charge in [0.05, 0.1) is 4.90 Å². The SMILES string of the molecule is CCNS(=O)(=O)c1ccc(C(=O)Nc2ccc(C)cc2C)cc1. The van der Waals surface area contributed by atoms with Gasteiger partial charge >= 0.3 is 0 Å². The van der Waals surface area contributed by atoms with E-state index in [0.29, 0.717) is 12.1 Å². The Balaban J connectivity index is 2.17. The minimum Gasteiger partial charge on any atom is -0.322 e. The van der Waals surface area contributed by atoms with Gasteiger partial charge in [0.15, 0.2) is 0 Å². The molecule has 0 aromatic heterocycles. The first kappa shape index (κ1) is 17.2. The number of hydrogen-bond donors (Lipinski definition) is 2. The Labute approximate surface area is 136 Å². The van der Waals surface area contributed by atoms with Gasteiger partial charge in [0.2, 0.25) is 10.0 Å². The highest BCUT2D eigenvalue weighted by Gasteiger charge is 2.14. The lowest BCUT2D eigenvalue weighted by atomic mass is 10.1. The average Bonchev–Trinajstić information content (AvgIpc) is 2.50. The lowest BCUT2D eigenvalue weighted by Gasteiger charge is -2.10. The van der Waals surface area contributed by atoms with Gasteiger partial charge in [0, 0.05) is 17.8 Å². The van der Waals surface area contributed by atoms with Crippen LogP contribution in [-0.2, 0) is 10.0 Å². The summed E-state index contributed by atoms with van der Waals surface area (Å²) >= 11 is 0. The van der Waals surface area contributed by atoms with Crippen LogP contribution in [0.15, 0.2) is 47.4 Å². The van der Waals surface area contributed by atoms with Gasteiger partial charge in [-0.15, -0.1) is 0 Å². The number of aryl methyl sites for hydroxylation is 2.